The van der Waals surface area contributed by atoms with Crippen molar-refractivity contribution in [1.29, 1.82) is 0 Å². The number of ether oxygens (including phenoxy) is 2. The van der Waals surface area contributed by atoms with Crippen LogP contribution < -0.4 is 14.4 Å². The third-order valence-electron chi connectivity index (χ3n) is 4.74. The maximum absolute atomic E-state index is 12.5. The standard InChI is InChI=1S/C23H18BrNO4/c1-28-21-11-16(7-10-20(21)29-14-15-5-3-2-4-6-15)13-25-19-9-8-17(24)12-18(19)22(26)23(25)27/h2-12H,13-14H2,1H3. The molecule has 5 nitrogen and oxygen atoms in total. The van der Waals surface area contributed by atoms with Crippen LogP contribution in [0.5, 0.6) is 11.5 Å². The largest absolute Gasteiger partial charge is 0.493 e. The average Bonchev–Trinajstić information content (AvgIpc) is 2.97. The van der Waals surface area contributed by atoms with E-state index in [2.05, 4.69) is 15.9 Å². The Morgan fingerprint density at radius 1 is 0.897 bits per heavy atom. The number of amides is 1. The highest BCUT2D eigenvalue weighted by Gasteiger charge is 2.35. The maximum Gasteiger partial charge on any atom is 0.299 e. The highest BCUT2D eigenvalue weighted by atomic mass is 79.9. The van der Waals surface area contributed by atoms with E-state index in [0.29, 0.717) is 29.4 Å². The number of hydrogen-bond acceptors (Lipinski definition) is 4. The van der Waals surface area contributed by atoms with Gasteiger partial charge in [0.1, 0.15) is 6.61 Å². The molecule has 0 fully saturated rings. The molecule has 1 aliphatic rings. The van der Waals surface area contributed by atoms with E-state index < -0.39 is 11.7 Å². The SMILES string of the molecule is COc1cc(CN2C(=O)C(=O)c3cc(Br)ccc32)ccc1OCc1ccccc1. The van der Waals surface area contributed by atoms with Crippen molar-refractivity contribution < 1.29 is 19.1 Å². The Balaban J connectivity index is 1.54. The molecule has 0 bridgehead atoms. The first-order valence-corrected chi connectivity index (χ1v) is 9.85. The molecule has 0 aliphatic carbocycles. The molecule has 0 aromatic heterocycles. The van der Waals surface area contributed by atoms with Crippen LogP contribution in [-0.4, -0.2) is 18.8 Å². The number of fused-ring (bicyclic) bond motifs is 1. The Kier molecular flexibility index (Phi) is 5.36. The minimum absolute atomic E-state index is 0.272. The minimum Gasteiger partial charge on any atom is -0.493 e. The molecule has 1 aliphatic heterocycles. The molecule has 0 saturated heterocycles. The lowest BCUT2D eigenvalue weighted by Gasteiger charge is -2.18. The lowest BCUT2D eigenvalue weighted by Crippen LogP contribution is -2.29. The Morgan fingerprint density at radius 2 is 1.69 bits per heavy atom. The van der Waals surface area contributed by atoms with E-state index in [4.69, 9.17) is 9.47 Å². The van der Waals surface area contributed by atoms with Crippen molar-refractivity contribution in [3.8, 4) is 11.5 Å². The van der Waals surface area contributed by atoms with Gasteiger partial charge in [0.15, 0.2) is 11.5 Å². The molecular weight excluding hydrogens is 434 g/mol. The molecule has 6 heteroatoms. The number of rotatable bonds is 6. The van der Waals surface area contributed by atoms with Gasteiger partial charge in [0.05, 0.1) is 24.9 Å². The molecular formula is C23H18BrNO4. The van der Waals surface area contributed by atoms with Gasteiger partial charge in [-0.2, -0.15) is 0 Å². The van der Waals surface area contributed by atoms with Gasteiger partial charge in [-0.3, -0.25) is 9.59 Å². The number of Topliss-reactive ketones (excluding diaryl/α,β-unsaturated/α-hetero) is 1. The predicted molar refractivity (Wildman–Crippen MR) is 113 cm³/mol. The van der Waals surface area contributed by atoms with Crippen LogP contribution >= 0.6 is 15.9 Å². The van der Waals surface area contributed by atoms with Crippen molar-refractivity contribution in [3.63, 3.8) is 0 Å². The molecule has 146 valence electrons. The summed E-state index contributed by atoms with van der Waals surface area (Å²) in [5.74, 6) is 0.179. The average molecular weight is 452 g/mol. The zero-order valence-electron chi connectivity index (χ0n) is 15.7. The van der Waals surface area contributed by atoms with E-state index in [1.807, 2.05) is 54.6 Å². The first-order chi connectivity index (χ1) is 14.1. The van der Waals surface area contributed by atoms with E-state index >= 15 is 0 Å². The molecule has 3 aromatic carbocycles. The first kappa shape index (κ1) is 19.2. The maximum atomic E-state index is 12.5. The molecule has 0 saturated carbocycles. The fourth-order valence-electron chi connectivity index (χ4n) is 3.28. The summed E-state index contributed by atoms with van der Waals surface area (Å²) in [5, 5.41) is 0. The molecule has 0 radical (unpaired) electrons. The summed E-state index contributed by atoms with van der Waals surface area (Å²) < 4.78 is 12.1. The second-order valence-electron chi connectivity index (χ2n) is 6.64. The topological polar surface area (TPSA) is 55.8 Å². The van der Waals surface area contributed by atoms with Crippen LogP contribution in [0, 0.1) is 0 Å². The Morgan fingerprint density at radius 3 is 2.45 bits per heavy atom. The molecule has 0 N–H and O–H groups in total. The van der Waals surface area contributed by atoms with Gasteiger partial charge in [0.2, 0.25) is 0 Å². The second-order valence-corrected chi connectivity index (χ2v) is 7.56. The smallest absolute Gasteiger partial charge is 0.299 e. The molecule has 0 spiro atoms. The van der Waals surface area contributed by atoms with E-state index in [0.717, 1.165) is 15.6 Å². The van der Waals surface area contributed by atoms with E-state index in [1.54, 1.807) is 19.2 Å². The van der Waals surface area contributed by atoms with Crippen LogP contribution in [0.3, 0.4) is 0 Å². The van der Waals surface area contributed by atoms with E-state index in [1.165, 1.54) is 4.90 Å². The van der Waals surface area contributed by atoms with Gasteiger partial charge >= 0.3 is 0 Å². The fourth-order valence-corrected chi connectivity index (χ4v) is 3.64. The third kappa shape index (κ3) is 3.89. The zero-order valence-corrected chi connectivity index (χ0v) is 17.3. The van der Waals surface area contributed by atoms with Crippen molar-refractivity contribution in [2.75, 3.05) is 12.0 Å². The molecule has 0 atom stereocenters. The zero-order chi connectivity index (χ0) is 20.4. The van der Waals surface area contributed by atoms with Gasteiger partial charge in [0.25, 0.3) is 11.7 Å². The molecule has 4 rings (SSSR count). The van der Waals surface area contributed by atoms with Crippen molar-refractivity contribution in [2.24, 2.45) is 0 Å². The normalized spacial score (nSPS) is 12.8. The second kappa shape index (κ2) is 8.09. The molecule has 1 amide bonds. The van der Waals surface area contributed by atoms with Crippen molar-refractivity contribution in [1.82, 2.24) is 0 Å². The number of halogens is 1. The van der Waals surface area contributed by atoms with Gasteiger partial charge < -0.3 is 14.4 Å². The summed E-state index contributed by atoms with van der Waals surface area (Å²) in [6.45, 7) is 0.701. The van der Waals surface area contributed by atoms with E-state index in [9.17, 15) is 9.59 Å². The van der Waals surface area contributed by atoms with Crippen LogP contribution in [0.15, 0.2) is 71.2 Å². The molecule has 29 heavy (non-hydrogen) atoms. The van der Waals surface area contributed by atoms with Gasteiger partial charge in [-0.05, 0) is 41.5 Å². The van der Waals surface area contributed by atoms with Gasteiger partial charge in [-0.15, -0.1) is 0 Å². The van der Waals surface area contributed by atoms with Crippen molar-refractivity contribution in [3.05, 3.63) is 87.9 Å². The summed E-state index contributed by atoms with van der Waals surface area (Å²) in [6, 6.07) is 20.7. The summed E-state index contributed by atoms with van der Waals surface area (Å²) in [6.07, 6.45) is 0. The Labute approximate surface area is 177 Å². The van der Waals surface area contributed by atoms with Crippen LogP contribution in [0.4, 0.5) is 5.69 Å². The van der Waals surface area contributed by atoms with Crippen LogP contribution in [0.1, 0.15) is 21.5 Å². The minimum atomic E-state index is -0.526. The molecule has 1 heterocycles. The Hall–Kier alpha value is -3.12. The van der Waals surface area contributed by atoms with Gasteiger partial charge in [-0.25, -0.2) is 0 Å². The quantitative estimate of drug-likeness (QED) is 0.506. The highest BCUT2D eigenvalue weighted by molar-refractivity contribution is 9.10. The number of methoxy groups -OCH3 is 1. The van der Waals surface area contributed by atoms with Crippen LogP contribution in [0.2, 0.25) is 0 Å². The number of carbonyl (C=O) groups excluding carboxylic acids is 2. The van der Waals surface area contributed by atoms with Gasteiger partial charge in [0, 0.05) is 4.47 Å². The fraction of sp³-hybridized carbons (Fsp3) is 0.130. The predicted octanol–water partition coefficient (Wildman–Crippen LogP) is 4.77. The number of nitrogens with zero attached hydrogens (tertiary/aromatic N) is 1. The third-order valence-corrected chi connectivity index (χ3v) is 5.23. The Bertz CT molecular complexity index is 1080. The number of ketones is 1. The number of benzene rings is 3. The number of carbonyl (C=O) groups is 2. The summed E-state index contributed by atoms with van der Waals surface area (Å²) in [7, 11) is 1.58. The van der Waals surface area contributed by atoms with Crippen LogP contribution in [0.25, 0.3) is 0 Å². The molecule has 0 unspecified atom stereocenters. The van der Waals surface area contributed by atoms with Crippen LogP contribution in [-0.2, 0) is 17.9 Å². The van der Waals surface area contributed by atoms with E-state index in [-0.39, 0.29) is 6.54 Å². The van der Waals surface area contributed by atoms with Crippen molar-refractivity contribution >= 4 is 33.3 Å². The monoisotopic (exact) mass is 451 g/mol. The summed E-state index contributed by atoms with van der Waals surface area (Å²) in [4.78, 5) is 26.2. The number of anilines is 1. The molecule has 3 aromatic rings. The number of hydrogen-bond donors (Lipinski definition) is 0. The highest BCUT2D eigenvalue weighted by Crippen LogP contribution is 2.34. The first-order valence-electron chi connectivity index (χ1n) is 9.06. The van der Waals surface area contributed by atoms with Gasteiger partial charge in [-0.1, -0.05) is 52.3 Å². The summed E-state index contributed by atoms with van der Waals surface area (Å²) >= 11 is 3.34. The lowest BCUT2D eigenvalue weighted by atomic mass is 10.1. The summed E-state index contributed by atoms with van der Waals surface area (Å²) in [5.41, 5.74) is 2.93. The lowest BCUT2D eigenvalue weighted by molar-refractivity contribution is -0.114. The van der Waals surface area contributed by atoms with Crippen molar-refractivity contribution in [2.45, 2.75) is 13.2 Å².